The summed E-state index contributed by atoms with van der Waals surface area (Å²) < 4.78 is 13.2. The molecule has 0 radical (unpaired) electrons. The van der Waals surface area contributed by atoms with Gasteiger partial charge in [0.15, 0.2) is 0 Å². The number of hydrogen-bond donors (Lipinski definition) is 2. The van der Waals surface area contributed by atoms with Gasteiger partial charge in [0.05, 0.1) is 17.9 Å². The zero-order valence-electron chi connectivity index (χ0n) is 17.9. The fourth-order valence-electron chi connectivity index (χ4n) is 2.99. The molecule has 0 unspecified atom stereocenters. The Morgan fingerprint density at radius 3 is 2.64 bits per heavy atom. The molecule has 11 heteroatoms. The van der Waals surface area contributed by atoms with E-state index in [-0.39, 0.29) is 28.7 Å². The van der Waals surface area contributed by atoms with E-state index in [0.29, 0.717) is 24.3 Å². The first kappa shape index (κ1) is 23.7. The van der Waals surface area contributed by atoms with E-state index < -0.39 is 17.8 Å². The summed E-state index contributed by atoms with van der Waals surface area (Å²) in [6.07, 6.45) is 3.68. The van der Waals surface area contributed by atoms with Crippen molar-refractivity contribution in [2.45, 2.75) is 13.3 Å². The third kappa shape index (κ3) is 5.30. The molecule has 0 saturated heterocycles. The third-order valence-electron chi connectivity index (χ3n) is 4.56. The number of urea groups is 1. The number of thioether (sulfide) groups is 1. The van der Waals surface area contributed by atoms with Crippen molar-refractivity contribution in [2.24, 2.45) is 4.99 Å². The Bertz CT molecular complexity index is 1140. The zero-order chi connectivity index (χ0) is 24.0. The van der Waals surface area contributed by atoms with Crippen LogP contribution < -0.4 is 10.3 Å². The maximum Gasteiger partial charge on any atom is 0.343 e. The Morgan fingerprint density at radius 1 is 1.33 bits per heavy atom. The predicted molar refractivity (Wildman–Crippen MR) is 125 cm³/mol. The molecule has 0 aliphatic carbocycles. The van der Waals surface area contributed by atoms with Crippen LogP contribution >= 0.6 is 11.8 Å². The quantitative estimate of drug-likeness (QED) is 0.384. The van der Waals surface area contributed by atoms with Crippen molar-refractivity contribution < 1.29 is 19.1 Å². The van der Waals surface area contributed by atoms with Gasteiger partial charge in [-0.25, -0.2) is 14.2 Å². The van der Waals surface area contributed by atoms with E-state index in [1.54, 1.807) is 6.26 Å². The van der Waals surface area contributed by atoms with Gasteiger partial charge in [-0.2, -0.15) is 5.01 Å². The lowest BCUT2D eigenvalue weighted by atomic mass is 10.1. The fourth-order valence-corrected chi connectivity index (χ4v) is 3.60. The van der Waals surface area contributed by atoms with Crippen molar-refractivity contribution in [3.05, 3.63) is 71.2 Å². The number of carbonyl (C=O) groups is 2. The van der Waals surface area contributed by atoms with Crippen LogP contribution in [0.5, 0.6) is 0 Å². The van der Waals surface area contributed by atoms with Crippen LogP contribution in [-0.4, -0.2) is 51.4 Å². The molecule has 9 nitrogen and oxygen atoms in total. The summed E-state index contributed by atoms with van der Waals surface area (Å²) in [7, 11) is 0. The number of aliphatic imine (C=N–C) groups is 1. The number of amides is 3. The highest BCUT2D eigenvalue weighted by atomic mass is 32.2. The molecule has 3 rings (SSSR count). The van der Waals surface area contributed by atoms with Crippen molar-refractivity contribution >= 4 is 45.9 Å². The van der Waals surface area contributed by atoms with Gasteiger partial charge in [0.2, 0.25) is 0 Å². The van der Waals surface area contributed by atoms with E-state index in [4.69, 9.17) is 6.57 Å². The van der Waals surface area contributed by atoms with Gasteiger partial charge >= 0.3 is 6.03 Å². The Balaban J connectivity index is 2.06. The molecule has 1 aliphatic heterocycles. The highest BCUT2D eigenvalue weighted by molar-refractivity contribution is 8.14. The Hall–Kier alpha value is -3.91. The molecule has 2 aromatic rings. The molecule has 2 N–H and O–H groups in total. The summed E-state index contributed by atoms with van der Waals surface area (Å²) in [4.78, 5) is 38.0. The zero-order valence-corrected chi connectivity index (χ0v) is 18.8. The Labute approximate surface area is 194 Å². The van der Waals surface area contributed by atoms with Crippen molar-refractivity contribution in [3.8, 4) is 0 Å². The van der Waals surface area contributed by atoms with Gasteiger partial charge in [0.1, 0.15) is 28.4 Å². The molecular weight excluding hydrogens is 447 g/mol. The molecule has 170 valence electrons. The number of rotatable bonds is 5. The van der Waals surface area contributed by atoms with Crippen LogP contribution in [0.4, 0.5) is 26.4 Å². The number of nitrogens with zero attached hydrogens (tertiary/aromatic N) is 5. The molecular formula is C22H21FN6O3S. The fraction of sp³-hybridized carbons (Fsp3) is 0.227. The number of carbonyl (C=O) groups excluding carboxylic acids is 2. The van der Waals surface area contributed by atoms with Crippen LogP contribution in [0, 0.1) is 12.4 Å². The summed E-state index contributed by atoms with van der Waals surface area (Å²) in [5, 5.41) is 15.8. The van der Waals surface area contributed by atoms with Gasteiger partial charge in [0.25, 0.3) is 11.7 Å². The van der Waals surface area contributed by atoms with E-state index in [1.165, 1.54) is 47.6 Å². The molecule has 1 aliphatic rings. The highest BCUT2D eigenvalue weighted by Gasteiger charge is 2.40. The molecule has 0 atom stereocenters. The number of nitrogens with one attached hydrogen (secondary N) is 1. The van der Waals surface area contributed by atoms with Crippen LogP contribution in [0.25, 0.3) is 4.85 Å². The number of benzene rings is 1. The van der Waals surface area contributed by atoms with Crippen LogP contribution in [0.2, 0.25) is 0 Å². The number of imide groups is 1. The summed E-state index contributed by atoms with van der Waals surface area (Å²) in [5.74, 6) is -1.34. The number of halogens is 1. The van der Waals surface area contributed by atoms with Crippen molar-refractivity contribution in [1.82, 2.24) is 15.3 Å². The Morgan fingerprint density at radius 2 is 2.06 bits per heavy atom. The second-order valence-electron chi connectivity index (χ2n) is 6.81. The Kier molecular flexibility index (Phi) is 7.63. The van der Waals surface area contributed by atoms with Gasteiger partial charge in [-0.1, -0.05) is 13.5 Å². The van der Waals surface area contributed by atoms with Gasteiger partial charge in [-0.15, -0.1) is 16.7 Å². The minimum absolute atomic E-state index is 0.125. The lowest BCUT2D eigenvalue weighted by Crippen LogP contribution is -2.58. The summed E-state index contributed by atoms with van der Waals surface area (Å²) in [6, 6.07) is 7.67. The number of hydrogen-bond acceptors (Lipinski definition) is 7. The lowest BCUT2D eigenvalue weighted by Gasteiger charge is -2.38. The molecule has 1 aromatic heterocycles. The van der Waals surface area contributed by atoms with Crippen molar-refractivity contribution in [2.75, 3.05) is 24.4 Å². The minimum atomic E-state index is -0.781. The largest absolute Gasteiger partial charge is 0.509 e. The van der Waals surface area contributed by atoms with Crippen LogP contribution in [0.15, 0.2) is 58.9 Å². The number of aromatic nitrogens is 1. The summed E-state index contributed by atoms with van der Waals surface area (Å²) in [6.45, 7) is 9.06. The van der Waals surface area contributed by atoms with Gasteiger partial charge in [0, 0.05) is 6.54 Å². The van der Waals surface area contributed by atoms with E-state index in [9.17, 15) is 19.1 Å². The number of aliphatic hydroxyl groups is 1. The maximum atomic E-state index is 13.5. The van der Waals surface area contributed by atoms with Crippen molar-refractivity contribution in [1.29, 1.82) is 0 Å². The van der Waals surface area contributed by atoms with E-state index in [1.807, 2.05) is 6.92 Å². The molecule has 0 spiro atoms. The monoisotopic (exact) mass is 468 g/mol. The molecule has 0 saturated carbocycles. The number of anilines is 1. The normalized spacial score (nSPS) is 14.4. The van der Waals surface area contributed by atoms with E-state index in [2.05, 4.69) is 20.1 Å². The maximum absolute atomic E-state index is 13.5. The summed E-state index contributed by atoms with van der Waals surface area (Å²) in [5.41, 5.74) is 0.604. The van der Waals surface area contributed by atoms with Gasteiger partial charge in [-0.3, -0.25) is 9.80 Å². The molecule has 3 amide bonds. The molecule has 1 aromatic carbocycles. The second-order valence-corrected chi connectivity index (χ2v) is 7.61. The molecule has 0 fully saturated rings. The van der Waals surface area contributed by atoms with Gasteiger partial charge in [-0.05, 0) is 49.1 Å². The third-order valence-corrected chi connectivity index (χ3v) is 5.25. The molecule has 2 heterocycles. The predicted octanol–water partition coefficient (Wildman–Crippen LogP) is 4.36. The van der Waals surface area contributed by atoms with Crippen LogP contribution in [-0.2, 0) is 4.79 Å². The number of aliphatic hydroxyl groups excluding tert-OH is 1. The summed E-state index contributed by atoms with van der Waals surface area (Å²) >= 11 is 1.11. The number of pyridine rings is 1. The first-order chi connectivity index (χ1) is 15.9. The minimum Gasteiger partial charge on any atom is -0.509 e. The second kappa shape index (κ2) is 10.6. The first-order valence-corrected chi connectivity index (χ1v) is 11.2. The van der Waals surface area contributed by atoms with Gasteiger partial charge < -0.3 is 15.3 Å². The average Bonchev–Trinajstić information content (AvgIpc) is 2.82. The molecule has 0 bridgehead atoms. The highest BCUT2D eigenvalue weighted by Crippen LogP contribution is 2.29. The van der Waals surface area contributed by atoms with E-state index in [0.717, 1.165) is 16.8 Å². The topological polar surface area (TPSA) is 102 Å². The SMILES string of the molecule is [C-]#[N+]c1ccc(N2CC(O)=C(C(=Nc3ccc(F)cc3)SC)C(=O)N2C(=O)NCCC)cn1. The van der Waals surface area contributed by atoms with Crippen molar-refractivity contribution in [3.63, 3.8) is 0 Å². The number of hydrazine groups is 1. The smallest absolute Gasteiger partial charge is 0.343 e. The standard InChI is InChI=1S/C22H21FN6O3S/c1-4-11-25-22(32)29-21(31)19(20(33-3)27-15-7-5-14(23)6-8-15)17(30)13-28(29)16-9-10-18(24-2)26-12-16/h5-10,12,30H,4,11,13H2,1,3H3,(H,25,32). The average molecular weight is 469 g/mol. The first-order valence-electron chi connectivity index (χ1n) is 9.93. The molecule has 33 heavy (non-hydrogen) atoms. The van der Waals surface area contributed by atoms with Crippen LogP contribution in [0.3, 0.4) is 0 Å². The lowest BCUT2D eigenvalue weighted by molar-refractivity contribution is -0.125. The van der Waals surface area contributed by atoms with Crippen LogP contribution in [0.1, 0.15) is 13.3 Å². The van der Waals surface area contributed by atoms with E-state index >= 15 is 0 Å².